The molecule has 0 heterocycles. The van der Waals surface area contributed by atoms with Gasteiger partial charge in [0.25, 0.3) is 0 Å². The van der Waals surface area contributed by atoms with Crippen LogP contribution < -0.4 is 10.6 Å². The van der Waals surface area contributed by atoms with E-state index in [1.165, 1.54) is 0 Å². The molecule has 0 aliphatic heterocycles. The van der Waals surface area contributed by atoms with Crippen LogP contribution in [0.3, 0.4) is 0 Å². The van der Waals surface area contributed by atoms with Crippen molar-refractivity contribution in [2.45, 2.75) is 26.3 Å². The summed E-state index contributed by atoms with van der Waals surface area (Å²) in [5.74, 6) is 0.149. The summed E-state index contributed by atoms with van der Waals surface area (Å²) in [6.07, 6.45) is 4.62. The van der Waals surface area contributed by atoms with E-state index in [1.54, 1.807) is 0 Å². The summed E-state index contributed by atoms with van der Waals surface area (Å²) in [4.78, 5) is 12.0. The van der Waals surface area contributed by atoms with Crippen molar-refractivity contribution in [2.75, 3.05) is 11.9 Å². The van der Waals surface area contributed by atoms with Crippen LogP contribution in [-0.2, 0) is 0 Å². The molecule has 0 saturated carbocycles. The van der Waals surface area contributed by atoms with Crippen LogP contribution in [0.1, 0.15) is 17.5 Å². The number of carbonyl (C=O) groups is 1. The zero-order valence-electron chi connectivity index (χ0n) is 11.6. The molecule has 0 aromatic heterocycles. The number of amides is 2. The standard InChI is InChI=1S/C15H19BrN2O2/c1-9-5-10(2)14(7-13(9)16)18-15(20)17-12-4-3-11(6-12)8-19/h3-5,7,11-12,19H,6,8H2,1-2H3,(H2,17,18,20)/t11-,12+/m0/s1. The minimum absolute atomic E-state index is 0.0126. The second-order valence-corrected chi connectivity index (χ2v) is 6.04. The summed E-state index contributed by atoms with van der Waals surface area (Å²) in [6, 6.07) is 3.70. The molecule has 0 bridgehead atoms. The molecule has 0 spiro atoms. The first-order valence-corrected chi connectivity index (χ1v) is 7.42. The Balaban J connectivity index is 1.95. The molecule has 0 saturated heterocycles. The molecule has 5 heteroatoms. The van der Waals surface area contributed by atoms with E-state index in [4.69, 9.17) is 5.11 Å². The van der Waals surface area contributed by atoms with Gasteiger partial charge >= 0.3 is 6.03 Å². The van der Waals surface area contributed by atoms with Crippen molar-refractivity contribution in [3.8, 4) is 0 Å². The number of hydrogen-bond donors (Lipinski definition) is 3. The highest BCUT2D eigenvalue weighted by Crippen LogP contribution is 2.25. The number of hydrogen-bond acceptors (Lipinski definition) is 2. The molecular weight excluding hydrogens is 320 g/mol. The number of aliphatic hydroxyl groups excluding tert-OH is 1. The van der Waals surface area contributed by atoms with Gasteiger partial charge in [0, 0.05) is 28.7 Å². The zero-order chi connectivity index (χ0) is 14.7. The van der Waals surface area contributed by atoms with Crippen LogP contribution in [0.5, 0.6) is 0 Å². The third-order valence-corrected chi connectivity index (χ3v) is 4.33. The van der Waals surface area contributed by atoms with Gasteiger partial charge in [0.05, 0.1) is 0 Å². The molecular formula is C15H19BrN2O2. The van der Waals surface area contributed by atoms with Crippen LogP contribution in [0.15, 0.2) is 28.8 Å². The van der Waals surface area contributed by atoms with Crippen molar-refractivity contribution in [3.63, 3.8) is 0 Å². The highest BCUT2D eigenvalue weighted by Gasteiger charge is 2.19. The smallest absolute Gasteiger partial charge is 0.319 e. The topological polar surface area (TPSA) is 61.4 Å². The molecule has 2 rings (SSSR count). The predicted molar refractivity (Wildman–Crippen MR) is 83.9 cm³/mol. The zero-order valence-corrected chi connectivity index (χ0v) is 13.2. The molecule has 1 aromatic rings. The Morgan fingerprint density at radius 2 is 2.10 bits per heavy atom. The molecule has 2 amide bonds. The van der Waals surface area contributed by atoms with Gasteiger partial charge in [-0.15, -0.1) is 0 Å². The van der Waals surface area contributed by atoms with Crippen LogP contribution in [0.4, 0.5) is 10.5 Å². The van der Waals surface area contributed by atoms with E-state index in [9.17, 15) is 4.79 Å². The van der Waals surface area contributed by atoms with Crippen molar-refractivity contribution < 1.29 is 9.90 Å². The van der Waals surface area contributed by atoms with Gasteiger partial charge in [0.1, 0.15) is 0 Å². The average Bonchev–Trinajstić information content (AvgIpc) is 2.83. The normalized spacial score (nSPS) is 21.0. The maximum absolute atomic E-state index is 12.0. The Morgan fingerprint density at radius 1 is 1.35 bits per heavy atom. The summed E-state index contributed by atoms with van der Waals surface area (Å²) in [7, 11) is 0. The molecule has 1 aliphatic carbocycles. The predicted octanol–water partition coefficient (Wildman–Crippen LogP) is 3.12. The molecule has 4 nitrogen and oxygen atoms in total. The van der Waals surface area contributed by atoms with E-state index in [0.717, 1.165) is 27.7 Å². The van der Waals surface area contributed by atoms with Crippen LogP contribution in [0, 0.1) is 19.8 Å². The fraction of sp³-hybridized carbons (Fsp3) is 0.400. The van der Waals surface area contributed by atoms with Crippen LogP contribution in [0.25, 0.3) is 0 Å². The van der Waals surface area contributed by atoms with Crippen molar-refractivity contribution in [1.82, 2.24) is 5.32 Å². The lowest BCUT2D eigenvalue weighted by Gasteiger charge is -2.15. The van der Waals surface area contributed by atoms with Gasteiger partial charge in [0.2, 0.25) is 0 Å². The van der Waals surface area contributed by atoms with Crippen molar-refractivity contribution in [3.05, 3.63) is 39.9 Å². The molecule has 3 N–H and O–H groups in total. The van der Waals surface area contributed by atoms with Crippen LogP contribution in [0.2, 0.25) is 0 Å². The highest BCUT2D eigenvalue weighted by atomic mass is 79.9. The Kier molecular flexibility index (Phi) is 4.83. The number of aryl methyl sites for hydroxylation is 2. The molecule has 20 heavy (non-hydrogen) atoms. The van der Waals surface area contributed by atoms with E-state index >= 15 is 0 Å². The second kappa shape index (κ2) is 6.41. The Morgan fingerprint density at radius 3 is 2.75 bits per heavy atom. The number of anilines is 1. The summed E-state index contributed by atoms with van der Waals surface area (Å²) < 4.78 is 0.972. The molecule has 1 aromatic carbocycles. The third-order valence-electron chi connectivity index (χ3n) is 3.48. The Hall–Kier alpha value is -1.33. The molecule has 2 atom stereocenters. The fourth-order valence-electron chi connectivity index (χ4n) is 2.30. The van der Waals surface area contributed by atoms with Gasteiger partial charge in [-0.1, -0.05) is 34.1 Å². The minimum Gasteiger partial charge on any atom is -0.396 e. The first-order valence-electron chi connectivity index (χ1n) is 6.63. The molecule has 0 unspecified atom stereocenters. The largest absolute Gasteiger partial charge is 0.396 e. The monoisotopic (exact) mass is 338 g/mol. The number of aliphatic hydroxyl groups is 1. The number of carbonyl (C=O) groups excluding carboxylic acids is 1. The summed E-state index contributed by atoms with van der Waals surface area (Å²) in [5.41, 5.74) is 2.95. The van der Waals surface area contributed by atoms with E-state index in [1.807, 2.05) is 38.1 Å². The van der Waals surface area contributed by atoms with Crippen LogP contribution in [-0.4, -0.2) is 23.8 Å². The summed E-state index contributed by atoms with van der Waals surface area (Å²) in [5, 5.41) is 14.8. The van der Waals surface area contributed by atoms with Gasteiger partial charge in [-0.2, -0.15) is 0 Å². The lowest BCUT2D eigenvalue weighted by atomic mass is 10.1. The fourth-order valence-corrected chi connectivity index (χ4v) is 2.65. The Labute approximate surface area is 127 Å². The van der Waals surface area contributed by atoms with E-state index in [0.29, 0.717) is 0 Å². The van der Waals surface area contributed by atoms with Gasteiger partial charge in [-0.3, -0.25) is 0 Å². The lowest BCUT2D eigenvalue weighted by Crippen LogP contribution is -2.36. The lowest BCUT2D eigenvalue weighted by molar-refractivity contribution is 0.238. The van der Waals surface area contributed by atoms with Gasteiger partial charge < -0.3 is 15.7 Å². The van der Waals surface area contributed by atoms with Crippen molar-refractivity contribution >= 4 is 27.6 Å². The van der Waals surface area contributed by atoms with Crippen LogP contribution >= 0.6 is 15.9 Å². The number of urea groups is 1. The van der Waals surface area contributed by atoms with Gasteiger partial charge in [0.15, 0.2) is 0 Å². The minimum atomic E-state index is -0.225. The third kappa shape index (κ3) is 3.61. The summed E-state index contributed by atoms with van der Waals surface area (Å²) >= 11 is 3.46. The van der Waals surface area contributed by atoms with Crippen molar-refractivity contribution in [2.24, 2.45) is 5.92 Å². The van der Waals surface area contributed by atoms with E-state index in [-0.39, 0.29) is 24.6 Å². The number of halogens is 1. The SMILES string of the molecule is Cc1cc(C)c(NC(=O)N[C@@H]2C=C[C@H](CO)C2)cc1Br. The highest BCUT2D eigenvalue weighted by molar-refractivity contribution is 9.10. The molecule has 0 fully saturated rings. The quantitative estimate of drug-likeness (QED) is 0.741. The number of rotatable bonds is 3. The molecule has 0 radical (unpaired) electrons. The second-order valence-electron chi connectivity index (χ2n) is 5.18. The Bertz CT molecular complexity index is 543. The van der Waals surface area contributed by atoms with E-state index < -0.39 is 0 Å². The average molecular weight is 339 g/mol. The van der Waals surface area contributed by atoms with Gasteiger partial charge in [-0.05, 0) is 37.5 Å². The van der Waals surface area contributed by atoms with E-state index in [2.05, 4.69) is 26.6 Å². The molecule has 1 aliphatic rings. The first kappa shape index (κ1) is 15.1. The summed E-state index contributed by atoms with van der Waals surface area (Å²) in [6.45, 7) is 4.10. The first-order chi connectivity index (χ1) is 9.49. The maximum Gasteiger partial charge on any atom is 0.319 e. The van der Waals surface area contributed by atoms with Crippen molar-refractivity contribution in [1.29, 1.82) is 0 Å². The number of benzene rings is 1. The maximum atomic E-state index is 12.0. The molecule has 108 valence electrons. The van der Waals surface area contributed by atoms with Gasteiger partial charge in [-0.25, -0.2) is 4.79 Å². The number of nitrogens with one attached hydrogen (secondary N) is 2.